The summed E-state index contributed by atoms with van der Waals surface area (Å²) >= 11 is 0. The van der Waals surface area contributed by atoms with Crippen molar-refractivity contribution in [2.24, 2.45) is 5.73 Å². The van der Waals surface area contributed by atoms with Crippen molar-refractivity contribution in [2.75, 3.05) is 0 Å². The van der Waals surface area contributed by atoms with Gasteiger partial charge in [-0.05, 0) is 42.3 Å². The number of carbonyl (C=O) groups is 1. The summed E-state index contributed by atoms with van der Waals surface area (Å²) in [6, 6.07) is 13.2. The van der Waals surface area contributed by atoms with Crippen molar-refractivity contribution in [3.05, 3.63) is 82.9 Å². The van der Waals surface area contributed by atoms with Gasteiger partial charge in [0.1, 0.15) is 24.2 Å². The molecule has 2 aromatic carbocycles. The Morgan fingerprint density at radius 2 is 2.00 bits per heavy atom. The Kier molecular flexibility index (Phi) is 5.13. The third-order valence-electron chi connectivity index (χ3n) is 4.09. The predicted octanol–water partition coefficient (Wildman–Crippen LogP) is 3.75. The van der Waals surface area contributed by atoms with E-state index in [1.54, 1.807) is 30.6 Å². The van der Waals surface area contributed by atoms with Crippen molar-refractivity contribution >= 4 is 5.91 Å². The molecule has 0 aliphatic heterocycles. The number of primary amides is 1. The van der Waals surface area contributed by atoms with Crippen molar-refractivity contribution in [2.45, 2.75) is 13.5 Å². The van der Waals surface area contributed by atoms with Crippen LogP contribution in [0.25, 0.3) is 11.1 Å². The van der Waals surface area contributed by atoms with E-state index in [1.165, 1.54) is 12.1 Å². The van der Waals surface area contributed by atoms with Gasteiger partial charge in [-0.2, -0.15) is 5.26 Å². The first-order valence-electron chi connectivity index (χ1n) is 8.15. The first kappa shape index (κ1) is 18.1. The first-order chi connectivity index (χ1) is 13.0. The fraction of sp³-hybridized carbons (Fsp3) is 0.0952. The molecule has 0 spiro atoms. The van der Waals surface area contributed by atoms with E-state index in [0.29, 0.717) is 11.3 Å². The molecule has 0 aliphatic rings. The molecular formula is C21H16FN3O2. The van der Waals surface area contributed by atoms with Crippen LogP contribution in [-0.2, 0) is 6.61 Å². The lowest BCUT2D eigenvalue weighted by Gasteiger charge is -2.09. The number of ether oxygens (including phenoxy) is 1. The molecule has 134 valence electrons. The molecule has 0 bridgehead atoms. The number of hydrogen-bond acceptors (Lipinski definition) is 4. The molecule has 6 heteroatoms. The monoisotopic (exact) mass is 361 g/mol. The van der Waals surface area contributed by atoms with E-state index in [2.05, 4.69) is 4.98 Å². The number of nitriles is 1. The van der Waals surface area contributed by atoms with Crippen LogP contribution in [0.4, 0.5) is 4.39 Å². The zero-order valence-corrected chi connectivity index (χ0v) is 14.6. The molecule has 27 heavy (non-hydrogen) atoms. The zero-order chi connectivity index (χ0) is 19.4. The molecule has 2 N–H and O–H groups in total. The minimum atomic E-state index is -0.619. The number of aromatic nitrogens is 1. The van der Waals surface area contributed by atoms with E-state index in [0.717, 1.165) is 22.3 Å². The molecule has 0 aliphatic carbocycles. The van der Waals surface area contributed by atoms with Crippen LogP contribution in [-0.4, -0.2) is 10.9 Å². The summed E-state index contributed by atoms with van der Waals surface area (Å²) in [6.45, 7) is 2.02. The molecule has 0 saturated carbocycles. The molecule has 1 amide bonds. The Morgan fingerprint density at radius 1 is 1.19 bits per heavy atom. The predicted molar refractivity (Wildman–Crippen MR) is 98.4 cm³/mol. The Hall–Kier alpha value is -3.72. The fourth-order valence-electron chi connectivity index (χ4n) is 2.69. The van der Waals surface area contributed by atoms with Crippen molar-refractivity contribution in [3.8, 4) is 22.9 Å². The fourth-order valence-corrected chi connectivity index (χ4v) is 2.69. The number of amides is 1. The number of nitrogens with zero attached hydrogens (tertiary/aromatic N) is 2. The standard InChI is InChI=1S/C21H16FN3O2/c1-13-6-15(3-5-19(13)21(24)26)17-7-14(10-25-11-17)12-27-18-4-2-16(9-23)20(22)8-18/h2-8,10-11H,12H2,1H3,(H2,24,26). The maximum Gasteiger partial charge on any atom is 0.248 e. The van der Waals surface area contributed by atoms with Crippen LogP contribution in [0, 0.1) is 24.1 Å². The Balaban J connectivity index is 1.78. The summed E-state index contributed by atoms with van der Waals surface area (Å²) < 4.78 is 19.2. The lowest BCUT2D eigenvalue weighted by molar-refractivity contribution is 0.0999. The number of halogens is 1. The highest BCUT2D eigenvalue weighted by Crippen LogP contribution is 2.23. The van der Waals surface area contributed by atoms with Gasteiger partial charge in [-0.25, -0.2) is 4.39 Å². The topological polar surface area (TPSA) is 89.0 Å². The van der Waals surface area contributed by atoms with E-state index in [-0.39, 0.29) is 12.2 Å². The van der Waals surface area contributed by atoms with E-state index < -0.39 is 11.7 Å². The van der Waals surface area contributed by atoms with E-state index >= 15 is 0 Å². The second-order valence-electron chi connectivity index (χ2n) is 6.02. The molecule has 1 heterocycles. The third kappa shape index (κ3) is 4.10. The van der Waals surface area contributed by atoms with Gasteiger partial charge in [0.2, 0.25) is 5.91 Å². The summed E-state index contributed by atoms with van der Waals surface area (Å²) in [5, 5.41) is 8.76. The first-order valence-corrected chi connectivity index (χ1v) is 8.15. The summed E-state index contributed by atoms with van der Waals surface area (Å²) in [4.78, 5) is 15.6. The largest absolute Gasteiger partial charge is 0.489 e. The number of carbonyl (C=O) groups excluding carboxylic acids is 1. The van der Waals surface area contributed by atoms with Gasteiger partial charge < -0.3 is 10.5 Å². The molecule has 1 aromatic heterocycles. The van der Waals surface area contributed by atoms with Gasteiger partial charge in [-0.3, -0.25) is 9.78 Å². The molecule has 3 aromatic rings. The number of hydrogen-bond donors (Lipinski definition) is 1. The number of benzene rings is 2. The summed E-state index contributed by atoms with van der Waals surface area (Å²) in [7, 11) is 0. The van der Waals surface area contributed by atoms with Crippen LogP contribution in [0.2, 0.25) is 0 Å². The SMILES string of the molecule is Cc1cc(-c2cncc(COc3ccc(C#N)c(F)c3)c2)ccc1C(N)=O. The van der Waals surface area contributed by atoms with Gasteiger partial charge in [0, 0.05) is 35.2 Å². The summed E-state index contributed by atoms with van der Waals surface area (Å²) in [5.41, 5.74) is 9.14. The Morgan fingerprint density at radius 3 is 2.67 bits per heavy atom. The van der Waals surface area contributed by atoms with Crippen LogP contribution >= 0.6 is 0 Å². The van der Waals surface area contributed by atoms with Crippen LogP contribution in [0.1, 0.15) is 27.0 Å². The second kappa shape index (κ2) is 7.67. The highest BCUT2D eigenvalue weighted by atomic mass is 19.1. The van der Waals surface area contributed by atoms with Crippen LogP contribution in [0.3, 0.4) is 0 Å². The molecular weight excluding hydrogens is 345 g/mol. The van der Waals surface area contributed by atoms with Crippen LogP contribution in [0.5, 0.6) is 5.75 Å². The van der Waals surface area contributed by atoms with Crippen molar-refractivity contribution in [3.63, 3.8) is 0 Å². The maximum absolute atomic E-state index is 13.6. The summed E-state index contributed by atoms with van der Waals surface area (Å²) in [5.74, 6) is -0.751. The lowest BCUT2D eigenvalue weighted by Crippen LogP contribution is -2.12. The molecule has 0 fully saturated rings. The van der Waals surface area contributed by atoms with Crippen molar-refractivity contribution < 1.29 is 13.9 Å². The average molecular weight is 361 g/mol. The van der Waals surface area contributed by atoms with Gasteiger partial charge in [-0.15, -0.1) is 0 Å². The van der Waals surface area contributed by atoms with Gasteiger partial charge in [0.15, 0.2) is 0 Å². The summed E-state index contributed by atoms with van der Waals surface area (Å²) in [6.07, 6.45) is 3.37. The van der Waals surface area contributed by atoms with E-state index in [4.69, 9.17) is 15.7 Å². The number of pyridine rings is 1. The van der Waals surface area contributed by atoms with Gasteiger partial charge in [0.05, 0.1) is 5.56 Å². The van der Waals surface area contributed by atoms with Gasteiger partial charge in [0.25, 0.3) is 0 Å². The van der Waals surface area contributed by atoms with Crippen LogP contribution in [0.15, 0.2) is 54.9 Å². The highest BCUT2D eigenvalue weighted by molar-refractivity contribution is 5.94. The normalized spacial score (nSPS) is 10.3. The molecule has 5 nitrogen and oxygen atoms in total. The minimum Gasteiger partial charge on any atom is -0.489 e. The molecule has 0 unspecified atom stereocenters. The quantitative estimate of drug-likeness (QED) is 0.749. The Bertz CT molecular complexity index is 1060. The number of aryl methyl sites for hydroxylation is 1. The van der Waals surface area contributed by atoms with Gasteiger partial charge >= 0.3 is 0 Å². The third-order valence-corrected chi connectivity index (χ3v) is 4.09. The van der Waals surface area contributed by atoms with Crippen LogP contribution < -0.4 is 10.5 Å². The molecule has 3 rings (SSSR count). The molecule has 0 radical (unpaired) electrons. The zero-order valence-electron chi connectivity index (χ0n) is 14.6. The van der Waals surface area contributed by atoms with Crippen molar-refractivity contribution in [1.29, 1.82) is 5.26 Å². The average Bonchev–Trinajstić information content (AvgIpc) is 2.66. The Labute approximate surface area is 155 Å². The second-order valence-corrected chi connectivity index (χ2v) is 6.02. The molecule has 0 atom stereocenters. The lowest BCUT2D eigenvalue weighted by atomic mass is 10.00. The maximum atomic E-state index is 13.6. The minimum absolute atomic E-state index is 0.0270. The van der Waals surface area contributed by atoms with E-state index in [1.807, 2.05) is 25.1 Å². The smallest absolute Gasteiger partial charge is 0.248 e. The highest BCUT2D eigenvalue weighted by Gasteiger charge is 2.08. The van der Waals surface area contributed by atoms with Gasteiger partial charge in [-0.1, -0.05) is 12.1 Å². The number of rotatable bonds is 5. The molecule has 0 saturated heterocycles. The number of nitrogens with two attached hydrogens (primary N) is 1. The van der Waals surface area contributed by atoms with E-state index in [9.17, 15) is 9.18 Å². The van der Waals surface area contributed by atoms with Crippen molar-refractivity contribution in [1.82, 2.24) is 4.98 Å².